The second-order valence-electron chi connectivity index (χ2n) is 14.0. The Morgan fingerprint density at radius 1 is 0.827 bits per heavy atom. The number of unbranched alkanes of at least 4 members (excludes halogenated alkanes) is 12. The standard InChI is InChI=1S/C43H57ClN4O4/c1-5-7-8-9-10-11-12-13-14-15-16-17-18-21-33-22-19-25-36(28-33)52-38(6-2)43(51)45-35-24-20-23-34(29-35)42(50)46-39-30-40(49)48(47-39)41-32(4)26-31(3)27-37(41)44/h19-20,22-29,38H,5-18,21,30H2,1-4H3,(H,45,51)(H,46,47,50). The molecular weight excluding hydrogens is 672 g/mol. The number of benzene rings is 3. The van der Waals surface area contributed by atoms with Crippen LogP contribution in [0.15, 0.2) is 65.8 Å². The first-order valence-corrected chi connectivity index (χ1v) is 19.7. The summed E-state index contributed by atoms with van der Waals surface area (Å²) in [5.74, 6) is -0.143. The second kappa shape index (κ2) is 21.4. The highest BCUT2D eigenvalue weighted by Crippen LogP contribution is 2.33. The van der Waals surface area contributed by atoms with Gasteiger partial charge in [-0.3, -0.25) is 14.4 Å². The lowest BCUT2D eigenvalue weighted by molar-refractivity contribution is -0.122. The number of aryl methyl sites for hydroxylation is 3. The van der Waals surface area contributed by atoms with E-state index in [4.69, 9.17) is 16.3 Å². The van der Waals surface area contributed by atoms with E-state index in [0.717, 1.165) is 24.0 Å². The Morgan fingerprint density at radius 2 is 1.48 bits per heavy atom. The van der Waals surface area contributed by atoms with Crippen molar-refractivity contribution in [2.45, 2.75) is 137 Å². The third-order valence-electron chi connectivity index (χ3n) is 9.44. The van der Waals surface area contributed by atoms with Gasteiger partial charge in [0.25, 0.3) is 17.7 Å². The summed E-state index contributed by atoms with van der Waals surface area (Å²) in [4.78, 5) is 39.2. The fourth-order valence-electron chi connectivity index (χ4n) is 6.62. The molecule has 8 nitrogen and oxygen atoms in total. The van der Waals surface area contributed by atoms with Crippen molar-refractivity contribution < 1.29 is 19.1 Å². The quantitative estimate of drug-likeness (QED) is 0.107. The van der Waals surface area contributed by atoms with Gasteiger partial charge >= 0.3 is 0 Å². The molecule has 0 saturated heterocycles. The Bertz CT molecular complexity index is 1650. The zero-order chi connectivity index (χ0) is 37.3. The van der Waals surface area contributed by atoms with Gasteiger partial charge in [0.15, 0.2) is 6.10 Å². The summed E-state index contributed by atoms with van der Waals surface area (Å²) in [6.45, 7) is 7.96. The highest BCUT2D eigenvalue weighted by molar-refractivity contribution is 6.34. The number of rotatable bonds is 21. The number of amidine groups is 1. The van der Waals surface area contributed by atoms with E-state index in [1.807, 2.05) is 45.0 Å². The lowest BCUT2D eigenvalue weighted by Crippen LogP contribution is -2.32. The van der Waals surface area contributed by atoms with Gasteiger partial charge in [0.1, 0.15) is 11.6 Å². The molecular formula is C43H57ClN4O4. The van der Waals surface area contributed by atoms with Crippen molar-refractivity contribution in [3.63, 3.8) is 0 Å². The van der Waals surface area contributed by atoms with Crippen LogP contribution in [0.4, 0.5) is 11.4 Å². The van der Waals surface area contributed by atoms with Crippen molar-refractivity contribution in [2.24, 2.45) is 5.10 Å². The molecule has 4 rings (SSSR count). The highest BCUT2D eigenvalue weighted by Gasteiger charge is 2.29. The van der Waals surface area contributed by atoms with E-state index >= 15 is 0 Å². The molecule has 3 aromatic rings. The Hall–Kier alpha value is -4.17. The van der Waals surface area contributed by atoms with Gasteiger partial charge in [0.05, 0.1) is 17.1 Å². The van der Waals surface area contributed by atoms with Gasteiger partial charge in [0.2, 0.25) is 0 Å². The fraction of sp³-hybridized carbons (Fsp3) is 0.488. The van der Waals surface area contributed by atoms with Crippen LogP contribution in [-0.2, 0) is 16.0 Å². The molecule has 0 spiro atoms. The lowest BCUT2D eigenvalue weighted by Gasteiger charge is -2.18. The molecule has 9 heteroatoms. The smallest absolute Gasteiger partial charge is 0.265 e. The third kappa shape index (κ3) is 12.8. The monoisotopic (exact) mass is 728 g/mol. The number of ether oxygens (including phenoxy) is 1. The molecule has 0 fully saturated rings. The van der Waals surface area contributed by atoms with Gasteiger partial charge in [0, 0.05) is 11.3 Å². The van der Waals surface area contributed by atoms with Crippen LogP contribution in [0.1, 0.15) is 137 Å². The molecule has 0 aromatic heterocycles. The van der Waals surface area contributed by atoms with Gasteiger partial charge in [-0.1, -0.05) is 127 Å². The zero-order valence-electron chi connectivity index (χ0n) is 31.6. The number of halogens is 1. The molecule has 2 N–H and O–H groups in total. The molecule has 1 aliphatic heterocycles. The first-order chi connectivity index (χ1) is 25.2. The first-order valence-electron chi connectivity index (χ1n) is 19.3. The maximum absolute atomic E-state index is 13.3. The SMILES string of the molecule is CCCCCCCCCCCCCCCc1cccc(OC(CC)C(=O)Nc2cccc(C(=O)NC3=NN(c4c(C)cc(C)cc4Cl)C(=O)C3)c2)c1. The Labute approximate surface area is 315 Å². The molecule has 1 aliphatic rings. The average molecular weight is 729 g/mol. The fourth-order valence-corrected chi connectivity index (χ4v) is 7.02. The van der Waals surface area contributed by atoms with Crippen molar-refractivity contribution in [3.8, 4) is 5.75 Å². The number of carbonyl (C=O) groups is 3. The number of carbonyl (C=O) groups excluding carboxylic acids is 3. The molecule has 3 amide bonds. The molecule has 52 heavy (non-hydrogen) atoms. The maximum atomic E-state index is 13.3. The van der Waals surface area contributed by atoms with Gasteiger partial charge in [-0.2, -0.15) is 10.1 Å². The highest BCUT2D eigenvalue weighted by atomic mass is 35.5. The predicted octanol–water partition coefficient (Wildman–Crippen LogP) is 10.9. The van der Waals surface area contributed by atoms with Crippen LogP contribution in [0.5, 0.6) is 5.75 Å². The van der Waals surface area contributed by atoms with Crippen molar-refractivity contribution in [3.05, 3.63) is 87.9 Å². The minimum absolute atomic E-state index is 0.0675. The van der Waals surface area contributed by atoms with Crippen molar-refractivity contribution in [1.29, 1.82) is 0 Å². The van der Waals surface area contributed by atoms with E-state index < -0.39 is 12.0 Å². The molecule has 280 valence electrons. The molecule has 1 heterocycles. The largest absolute Gasteiger partial charge is 0.481 e. The first kappa shape index (κ1) is 40.6. The summed E-state index contributed by atoms with van der Waals surface area (Å²) < 4.78 is 6.15. The molecule has 0 bridgehead atoms. The van der Waals surface area contributed by atoms with E-state index in [0.29, 0.717) is 34.1 Å². The number of hydrogen-bond donors (Lipinski definition) is 2. The number of nitrogens with zero attached hydrogens (tertiary/aromatic N) is 2. The molecule has 0 radical (unpaired) electrons. The topological polar surface area (TPSA) is 100 Å². The average Bonchev–Trinajstić information content (AvgIpc) is 3.47. The summed E-state index contributed by atoms with van der Waals surface area (Å²) in [6, 6.07) is 18.4. The van der Waals surface area contributed by atoms with Gasteiger partial charge in [-0.05, 0) is 86.2 Å². The number of amides is 3. The second-order valence-corrected chi connectivity index (χ2v) is 14.4. The minimum atomic E-state index is -0.703. The van der Waals surface area contributed by atoms with Crippen molar-refractivity contribution >= 4 is 46.5 Å². The van der Waals surface area contributed by atoms with Gasteiger partial charge in [-0.15, -0.1) is 0 Å². The number of anilines is 2. The van der Waals surface area contributed by atoms with Gasteiger partial charge in [-0.25, -0.2) is 0 Å². The number of hydrogen-bond acceptors (Lipinski definition) is 5. The van der Waals surface area contributed by atoms with Crippen LogP contribution < -0.4 is 20.4 Å². The summed E-state index contributed by atoms with van der Waals surface area (Å²) in [6.07, 6.45) is 18.0. The lowest BCUT2D eigenvalue weighted by atomic mass is 10.0. The Balaban J connectivity index is 1.21. The van der Waals surface area contributed by atoms with Crippen molar-refractivity contribution in [2.75, 3.05) is 10.3 Å². The molecule has 3 aromatic carbocycles. The van der Waals surface area contributed by atoms with Gasteiger partial charge < -0.3 is 15.4 Å². The minimum Gasteiger partial charge on any atom is -0.481 e. The summed E-state index contributed by atoms with van der Waals surface area (Å²) >= 11 is 6.44. The van der Waals surface area contributed by atoms with E-state index in [-0.39, 0.29) is 24.1 Å². The van der Waals surface area contributed by atoms with Crippen LogP contribution >= 0.6 is 11.6 Å². The van der Waals surface area contributed by atoms with Crippen LogP contribution in [0.2, 0.25) is 5.02 Å². The summed E-state index contributed by atoms with van der Waals surface area (Å²) in [7, 11) is 0. The number of hydrazone groups is 1. The molecule has 0 aliphatic carbocycles. The molecule has 0 saturated carbocycles. The van der Waals surface area contributed by atoms with E-state index in [9.17, 15) is 14.4 Å². The Morgan fingerprint density at radius 3 is 2.13 bits per heavy atom. The molecule has 1 unspecified atom stereocenters. The van der Waals surface area contributed by atoms with Crippen molar-refractivity contribution in [1.82, 2.24) is 5.32 Å². The Kier molecular flexibility index (Phi) is 16.7. The predicted molar refractivity (Wildman–Crippen MR) is 214 cm³/mol. The zero-order valence-corrected chi connectivity index (χ0v) is 32.3. The van der Waals surface area contributed by atoms with Crippen LogP contribution in [-0.4, -0.2) is 29.7 Å². The van der Waals surface area contributed by atoms with E-state index in [1.165, 1.54) is 87.6 Å². The third-order valence-corrected chi connectivity index (χ3v) is 9.73. The summed E-state index contributed by atoms with van der Waals surface area (Å²) in [5.41, 5.74) is 4.27. The maximum Gasteiger partial charge on any atom is 0.265 e. The van der Waals surface area contributed by atoms with Crippen LogP contribution in [0.25, 0.3) is 0 Å². The normalized spacial score (nSPS) is 13.2. The van der Waals surface area contributed by atoms with Crippen LogP contribution in [0.3, 0.4) is 0 Å². The van der Waals surface area contributed by atoms with Crippen LogP contribution in [0, 0.1) is 13.8 Å². The number of nitrogens with one attached hydrogen (secondary N) is 2. The van der Waals surface area contributed by atoms with E-state index in [1.54, 1.807) is 30.3 Å². The molecule has 1 atom stereocenters. The van der Waals surface area contributed by atoms with E-state index in [2.05, 4.69) is 28.7 Å². The summed E-state index contributed by atoms with van der Waals surface area (Å²) in [5, 5.41) is 11.6.